The van der Waals surface area contributed by atoms with Gasteiger partial charge in [-0.05, 0) is 0 Å². The molecule has 2 radical (unpaired) electrons. The van der Waals surface area contributed by atoms with Gasteiger partial charge in [0.15, 0.2) is 0 Å². The second-order valence-corrected chi connectivity index (χ2v) is 6.67. The molecule has 1 aliphatic rings. The summed E-state index contributed by atoms with van der Waals surface area (Å²) in [6, 6.07) is 0. The van der Waals surface area contributed by atoms with Crippen LogP contribution in [-0.4, -0.2) is 55.8 Å². The normalized spacial score (nSPS) is 40.3. The number of methoxy groups -OCH3 is 1. The Labute approximate surface area is 93.8 Å². The van der Waals surface area contributed by atoms with Crippen molar-refractivity contribution in [1.29, 1.82) is 0 Å². The van der Waals surface area contributed by atoms with Crippen molar-refractivity contribution in [1.82, 2.24) is 0 Å². The molecule has 0 aliphatic carbocycles. The first-order valence-corrected chi connectivity index (χ1v) is 7.34. The molecule has 1 N–H and O–H groups in total. The van der Waals surface area contributed by atoms with Crippen molar-refractivity contribution >= 4 is 27.2 Å². The summed E-state index contributed by atoms with van der Waals surface area (Å²) < 4.78 is 34.0. The predicted molar refractivity (Wildman–Crippen MR) is 58.3 cm³/mol. The molecule has 1 fully saturated rings. The largest absolute Gasteiger partial charge is 0.377 e. The van der Waals surface area contributed by atoms with Crippen LogP contribution in [0.4, 0.5) is 4.39 Å². The summed E-state index contributed by atoms with van der Waals surface area (Å²) in [4.78, 5) is 8.93. The molecule has 5 atom stereocenters. The fraction of sp³-hybridized carbons (Fsp3) is 1.00. The number of hydrogen-bond donors (Lipinski definition) is 1. The minimum Gasteiger partial charge on any atom is -0.377 e. The standard InChI is InChI=1S/C7H13BFO4PS/c1-12-6-4(3-13-14(2,10)11)15-7(8)5(6)9/h4-7H,3H2,1-2H3,(H,10,11). The molecule has 1 heterocycles. The third-order valence-electron chi connectivity index (χ3n) is 2.08. The Hall–Kier alpha value is 0.455. The van der Waals surface area contributed by atoms with Gasteiger partial charge in [-0.3, -0.25) is 4.57 Å². The van der Waals surface area contributed by atoms with Gasteiger partial charge in [-0.15, -0.1) is 0 Å². The highest BCUT2D eigenvalue weighted by molar-refractivity contribution is 8.02. The molecule has 0 aromatic carbocycles. The lowest BCUT2D eigenvalue weighted by molar-refractivity contribution is 0.0359. The van der Waals surface area contributed by atoms with Gasteiger partial charge in [-0.25, -0.2) is 4.39 Å². The van der Waals surface area contributed by atoms with Crippen LogP contribution in [0.3, 0.4) is 0 Å². The van der Waals surface area contributed by atoms with Crippen LogP contribution in [0.1, 0.15) is 0 Å². The molecule has 86 valence electrons. The quantitative estimate of drug-likeness (QED) is 0.593. The Bertz CT molecular complexity index is 263. The monoisotopic (exact) mass is 254 g/mol. The lowest BCUT2D eigenvalue weighted by atomic mass is 9.95. The van der Waals surface area contributed by atoms with Crippen molar-refractivity contribution in [3.05, 3.63) is 0 Å². The molecule has 0 aromatic rings. The van der Waals surface area contributed by atoms with Gasteiger partial charge in [0.05, 0.1) is 19.7 Å². The molecule has 1 rings (SSSR count). The van der Waals surface area contributed by atoms with E-state index >= 15 is 0 Å². The highest BCUT2D eigenvalue weighted by Gasteiger charge is 2.42. The number of rotatable bonds is 4. The van der Waals surface area contributed by atoms with Crippen LogP contribution in [0.2, 0.25) is 0 Å². The van der Waals surface area contributed by atoms with Crippen molar-refractivity contribution < 1.29 is 23.1 Å². The van der Waals surface area contributed by atoms with Crippen LogP contribution in [0, 0.1) is 0 Å². The van der Waals surface area contributed by atoms with Gasteiger partial charge in [0, 0.05) is 18.9 Å². The second-order valence-electron chi connectivity index (χ2n) is 3.38. The highest BCUT2D eigenvalue weighted by atomic mass is 32.2. The summed E-state index contributed by atoms with van der Waals surface area (Å²) in [7, 11) is 3.35. The second kappa shape index (κ2) is 5.19. The van der Waals surface area contributed by atoms with Crippen molar-refractivity contribution in [3.8, 4) is 0 Å². The van der Waals surface area contributed by atoms with Gasteiger partial charge < -0.3 is 14.2 Å². The third kappa shape index (κ3) is 3.75. The van der Waals surface area contributed by atoms with Gasteiger partial charge in [0.25, 0.3) is 0 Å². The van der Waals surface area contributed by atoms with Crippen molar-refractivity contribution in [3.63, 3.8) is 0 Å². The van der Waals surface area contributed by atoms with Crippen LogP contribution >= 0.6 is 19.4 Å². The predicted octanol–water partition coefficient (Wildman–Crippen LogP) is 0.781. The highest BCUT2D eigenvalue weighted by Crippen LogP contribution is 2.41. The molecule has 0 aromatic heterocycles. The zero-order valence-electron chi connectivity index (χ0n) is 8.50. The fourth-order valence-electron chi connectivity index (χ4n) is 1.37. The molecule has 0 saturated carbocycles. The molecule has 0 bridgehead atoms. The van der Waals surface area contributed by atoms with Gasteiger partial charge in [-0.2, -0.15) is 11.8 Å². The van der Waals surface area contributed by atoms with Crippen LogP contribution in [0.25, 0.3) is 0 Å². The first kappa shape index (κ1) is 13.5. The zero-order chi connectivity index (χ0) is 11.6. The van der Waals surface area contributed by atoms with Crippen LogP contribution in [0.5, 0.6) is 0 Å². The average Bonchev–Trinajstić information content (AvgIpc) is 2.38. The van der Waals surface area contributed by atoms with Crippen molar-refractivity contribution in [2.45, 2.75) is 22.7 Å². The SMILES string of the molecule is [B]C1SC(COP(C)(=O)O)C(OC)C1F. The Morgan fingerprint density at radius 3 is 2.73 bits per heavy atom. The van der Waals surface area contributed by atoms with E-state index in [0.717, 1.165) is 6.66 Å². The average molecular weight is 254 g/mol. The fourth-order valence-corrected chi connectivity index (χ4v) is 3.18. The van der Waals surface area contributed by atoms with Crippen LogP contribution in [0.15, 0.2) is 0 Å². The Balaban J connectivity index is 2.52. The molecule has 15 heavy (non-hydrogen) atoms. The lowest BCUT2D eigenvalue weighted by Gasteiger charge is -2.19. The van der Waals surface area contributed by atoms with E-state index in [-0.39, 0.29) is 11.9 Å². The number of thioether (sulfide) groups is 1. The van der Waals surface area contributed by atoms with E-state index in [9.17, 15) is 8.96 Å². The van der Waals surface area contributed by atoms with E-state index in [4.69, 9.17) is 22.0 Å². The van der Waals surface area contributed by atoms with Gasteiger partial charge in [0.1, 0.15) is 12.3 Å². The van der Waals surface area contributed by atoms with E-state index in [1.54, 1.807) is 0 Å². The van der Waals surface area contributed by atoms with E-state index in [1.165, 1.54) is 18.9 Å². The number of alkyl halides is 1. The number of halogens is 1. The maximum atomic E-state index is 13.4. The lowest BCUT2D eigenvalue weighted by Crippen LogP contribution is -2.33. The summed E-state index contributed by atoms with van der Waals surface area (Å²) in [6.07, 6.45) is -1.96. The van der Waals surface area contributed by atoms with Crippen LogP contribution in [-0.2, 0) is 13.8 Å². The maximum Gasteiger partial charge on any atom is 0.325 e. The number of ether oxygens (including phenoxy) is 1. The first-order valence-electron chi connectivity index (χ1n) is 4.38. The Morgan fingerprint density at radius 1 is 1.67 bits per heavy atom. The molecule has 4 nitrogen and oxygen atoms in total. The third-order valence-corrected chi connectivity index (χ3v) is 4.03. The summed E-state index contributed by atoms with van der Waals surface area (Å²) >= 11 is 1.17. The summed E-state index contributed by atoms with van der Waals surface area (Å²) in [6.45, 7) is 1.04. The molecule has 8 heteroatoms. The van der Waals surface area contributed by atoms with E-state index < -0.39 is 25.0 Å². The molecule has 1 aliphatic heterocycles. The molecule has 5 unspecified atom stereocenters. The smallest absolute Gasteiger partial charge is 0.325 e. The zero-order valence-corrected chi connectivity index (χ0v) is 10.2. The maximum absolute atomic E-state index is 13.4. The van der Waals surface area contributed by atoms with E-state index in [2.05, 4.69) is 0 Å². The number of hydrogen-bond acceptors (Lipinski definition) is 4. The van der Waals surface area contributed by atoms with Crippen LogP contribution < -0.4 is 0 Å². The minimum atomic E-state index is -3.53. The first-order chi connectivity index (χ1) is 6.85. The molecule has 0 amide bonds. The minimum absolute atomic E-state index is 0.0401. The van der Waals surface area contributed by atoms with Gasteiger partial charge >= 0.3 is 7.60 Å². The van der Waals surface area contributed by atoms with Gasteiger partial charge in [-0.1, -0.05) is 0 Å². The van der Waals surface area contributed by atoms with Gasteiger partial charge in [0.2, 0.25) is 0 Å². The van der Waals surface area contributed by atoms with E-state index in [0.29, 0.717) is 0 Å². The molecule has 1 saturated heterocycles. The molecular weight excluding hydrogens is 241 g/mol. The van der Waals surface area contributed by atoms with Crippen molar-refractivity contribution in [2.75, 3.05) is 20.4 Å². The summed E-state index contributed by atoms with van der Waals surface area (Å²) in [5, 5.41) is -1.01. The molecule has 0 spiro atoms. The Kier molecular flexibility index (Phi) is 4.68. The van der Waals surface area contributed by atoms with E-state index in [1.807, 2.05) is 0 Å². The summed E-state index contributed by atoms with van der Waals surface area (Å²) in [5.74, 6) is 0. The topological polar surface area (TPSA) is 55.8 Å². The van der Waals surface area contributed by atoms with Crippen molar-refractivity contribution in [2.24, 2.45) is 0 Å². The Morgan fingerprint density at radius 2 is 2.27 bits per heavy atom. The molecular formula is C7H13BFO4PS. The summed E-state index contributed by atoms with van der Waals surface area (Å²) in [5.41, 5.74) is 0.